The van der Waals surface area contributed by atoms with Crippen LogP contribution >= 0.6 is 0 Å². The van der Waals surface area contributed by atoms with Crippen LogP contribution in [0.1, 0.15) is 22.4 Å². The molecule has 0 aliphatic carbocycles. The minimum Gasteiger partial charge on any atom is -0.489 e. The summed E-state index contributed by atoms with van der Waals surface area (Å²) < 4.78 is 32.5. The molecule has 0 N–H and O–H groups in total. The summed E-state index contributed by atoms with van der Waals surface area (Å²) in [7, 11) is 0. The molecule has 1 heterocycles. The number of aromatic nitrogens is 1. The van der Waals surface area contributed by atoms with Gasteiger partial charge < -0.3 is 4.74 Å². The lowest BCUT2D eigenvalue weighted by atomic mass is 10.1. The molecule has 0 aliphatic rings. The minimum absolute atomic E-state index is 0.335. The number of halogens is 2. The topological polar surface area (TPSA) is 45.9 Å². The van der Waals surface area contributed by atoms with Gasteiger partial charge in [0.1, 0.15) is 12.4 Å². The minimum atomic E-state index is -0.889. The van der Waals surface area contributed by atoms with Crippen LogP contribution < -0.4 is 4.74 Å². The number of hydrogen-bond donors (Lipinski definition) is 0. The van der Waals surface area contributed by atoms with Crippen molar-refractivity contribution >= 4 is 10.9 Å². The fourth-order valence-corrected chi connectivity index (χ4v) is 3.24. The molecule has 0 atom stereocenters. The summed E-state index contributed by atoms with van der Waals surface area (Å²) in [6.07, 6.45) is 1.45. The number of hydrogen-bond acceptors (Lipinski definition) is 3. The number of rotatable bonds is 6. The first-order chi connectivity index (χ1) is 14.6. The van der Waals surface area contributed by atoms with Crippen LogP contribution in [0.5, 0.6) is 5.75 Å². The van der Waals surface area contributed by atoms with E-state index >= 15 is 0 Å². The van der Waals surface area contributed by atoms with E-state index in [1.165, 1.54) is 0 Å². The van der Waals surface area contributed by atoms with Gasteiger partial charge in [0.05, 0.1) is 17.1 Å². The highest BCUT2D eigenvalue weighted by atomic mass is 19.2. The van der Waals surface area contributed by atoms with Crippen molar-refractivity contribution in [3.63, 3.8) is 0 Å². The number of fused-ring (bicyclic) bond motifs is 1. The summed E-state index contributed by atoms with van der Waals surface area (Å²) in [5.74, 6) is -1.02. The molecule has 0 aliphatic heterocycles. The Bertz CT molecular complexity index is 1230. The summed E-state index contributed by atoms with van der Waals surface area (Å²) >= 11 is 0. The Labute approximate surface area is 173 Å². The van der Waals surface area contributed by atoms with E-state index in [9.17, 15) is 8.78 Å². The SMILES string of the molecule is N#Cc1ccccc1COc1ccc(CCc2ccc3cc(F)c(F)cc3n2)cc1. The summed E-state index contributed by atoms with van der Waals surface area (Å²) in [4.78, 5) is 4.43. The Morgan fingerprint density at radius 2 is 1.63 bits per heavy atom. The normalized spacial score (nSPS) is 10.7. The molecule has 3 aromatic carbocycles. The second-order valence-corrected chi connectivity index (χ2v) is 6.96. The molecule has 0 radical (unpaired) electrons. The molecular weight excluding hydrogens is 382 g/mol. The number of benzene rings is 3. The molecule has 5 heteroatoms. The van der Waals surface area contributed by atoms with Crippen LogP contribution in [0.15, 0.2) is 72.8 Å². The molecule has 4 aromatic rings. The maximum absolute atomic E-state index is 13.4. The van der Waals surface area contributed by atoms with E-state index in [2.05, 4.69) is 11.1 Å². The lowest BCUT2D eigenvalue weighted by molar-refractivity contribution is 0.306. The average molecular weight is 400 g/mol. The van der Waals surface area contributed by atoms with Crippen molar-refractivity contribution in [3.05, 3.63) is 107 Å². The molecule has 0 saturated heterocycles. The van der Waals surface area contributed by atoms with Crippen LogP contribution in [0.3, 0.4) is 0 Å². The Morgan fingerprint density at radius 1 is 0.867 bits per heavy atom. The van der Waals surface area contributed by atoms with E-state index in [-0.39, 0.29) is 0 Å². The number of nitriles is 1. The second kappa shape index (κ2) is 8.71. The van der Waals surface area contributed by atoms with Crippen molar-refractivity contribution < 1.29 is 13.5 Å². The molecule has 0 fully saturated rings. The van der Waals surface area contributed by atoms with E-state index < -0.39 is 11.6 Å². The number of ether oxygens (including phenoxy) is 1. The lowest BCUT2D eigenvalue weighted by Crippen LogP contribution is -1.99. The lowest BCUT2D eigenvalue weighted by Gasteiger charge is -2.09. The monoisotopic (exact) mass is 400 g/mol. The first kappa shape index (κ1) is 19.5. The van der Waals surface area contributed by atoms with Gasteiger partial charge in [0.2, 0.25) is 0 Å². The first-order valence-electron chi connectivity index (χ1n) is 9.57. The zero-order valence-corrected chi connectivity index (χ0v) is 16.1. The predicted octanol–water partition coefficient (Wildman–Crippen LogP) is 5.75. The highest BCUT2D eigenvalue weighted by Gasteiger charge is 2.07. The molecule has 0 unspecified atom stereocenters. The molecular formula is C25H18F2N2O. The van der Waals surface area contributed by atoms with Gasteiger partial charge in [0.25, 0.3) is 0 Å². The van der Waals surface area contributed by atoms with Crippen molar-refractivity contribution in [1.29, 1.82) is 5.26 Å². The molecule has 4 rings (SSSR count). The Morgan fingerprint density at radius 3 is 2.43 bits per heavy atom. The fraction of sp³-hybridized carbons (Fsp3) is 0.120. The zero-order valence-electron chi connectivity index (χ0n) is 16.1. The number of nitrogens with zero attached hydrogens (tertiary/aromatic N) is 2. The Kier molecular flexibility index (Phi) is 5.67. The van der Waals surface area contributed by atoms with Crippen molar-refractivity contribution in [3.8, 4) is 11.8 Å². The van der Waals surface area contributed by atoms with Crippen molar-refractivity contribution in [1.82, 2.24) is 4.98 Å². The molecule has 148 valence electrons. The molecule has 0 spiro atoms. The van der Waals surface area contributed by atoms with Gasteiger partial charge in [0, 0.05) is 22.7 Å². The molecule has 1 aromatic heterocycles. The summed E-state index contributed by atoms with van der Waals surface area (Å²) in [6, 6.07) is 23.2. The molecule has 0 bridgehead atoms. The van der Waals surface area contributed by atoms with E-state index in [4.69, 9.17) is 10.00 Å². The van der Waals surface area contributed by atoms with Gasteiger partial charge in [0.15, 0.2) is 11.6 Å². The van der Waals surface area contributed by atoms with Gasteiger partial charge in [-0.1, -0.05) is 36.4 Å². The van der Waals surface area contributed by atoms with Gasteiger partial charge in [-0.05, 0) is 48.7 Å². The van der Waals surface area contributed by atoms with Gasteiger partial charge in [-0.25, -0.2) is 8.78 Å². The zero-order chi connectivity index (χ0) is 20.9. The van der Waals surface area contributed by atoms with Crippen LogP contribution in [0, 0.1) is 23.0 Å². The van der Waals surface area contributed by atoms with Gasteiger partial charge in [-0.2, -0.15) is 5.26 Å². The molecule has 3 nitrogen and oxygen atoms in total. The van der Waals surface area contributed by atoms with E-state index in [0.717, 1.165) is 41.1 Å². The van der Waals surface area contributed by atoms with E-state index in [0.29, 0.717) is 29.5 Å². The first-order valence-corrected chi connectivity index (χ1v) is 9.57. The predicted molar refractivity (Wildman–Crippen MR) is 111 cm³/mol. The Hall–Kier alpha value is -3.78. The van der Waals surface area contributed by atoms with Crippen molar-refractivity contribution in [2.45, 2.75) is 19.4 Å². The van der Waals surface area contributed by atoms with Crippen LogP contribution in [-0.4, -0.2) is 4.98 Å². The van der Waals surface area contributed by atoms with Crippen LogP contribution in [0.2, 0.25) is 0 Å². The van der Waals surface area contributed by atoms with Gasteiger partial charge in [-0.3, -0.25) is 4.98 Å². The highest BCUT2D eigenvalue weighted by Crippen LogP contribution is 2.19. The molecule has 30 heavy (non-hydrogen) atoms. The van der Waals surface area contributed by atoms with Crippen LogP contribution in [-0.2, 0) is 19.4 Å². The van der Waals surface area contributed by atoms with Gasteiger partial charge >= 0.3 is 0 Å². The maximum atomic E-state index is 13.4. The number of aryl methyl sites for hydroxylation is 2. The third kappa shape index (κ3) is 4.44. The summed E-state index contributed by atoms with van der Waals surface area (Å²) in [5.41, 5.74) is 3.85. The standard InChI is InChI=1S/C25H18F2N2O/c26-23-13-18-8-10-21(29-25(18)14-24(23)27)9-5-17-6-11-22(12-7-17)30-16-20-4-2-1-3-19(20)15-28/h1-4,6-8,10-14H,5,9,16H2. The summed E-state index contributed by atoms with van der Waals surface area (Å²) in [6.45, 7) is 0.335. The van der Waals surface area contributed by atoms with Gasteiger partial charge in [-0.15, -0.1) is 0 Å². The fourth-order valence-electron chi connectivity index (χ4n) is 3.24. The van der Waals surface area contributed by atoms with Crippen LogP contribution in [0.25, 0.3) is 10.9 Å². The largest absolute Gasteiger partial charge is 0.489 e. The third-order valence-electron chi connectivity index (χ3n) is 4.91. The third-order valence-corrected chi connectivity index (χ3v) is 4.91. The highest BCUT2D eigenvalue weighted by molar-refractivity contribution is 5.78. The van der Waals surface area contributed by atoms with Crippen molar-refractivity contribution in [2.75, 3.05) is 0 Å². The summed E-state index contributed by atoms with van der Waals surface area (Å²) in [5, 5.41) is 9.72. The average Bonchev–Trinajstić information content (AvgIpc) is 2.78. The maximum Gasteiger partial charge on any atom is 0.161 e. The number of pyridine rings is 1. The van der Waals surface area contributed by atoms with E-state index in [1.54, 1.807) is 12.1 Å². The Balaban J connectivity index is 1.37. The van der Waals surface area contributed by atoms with Crippen LogP contribution in [0.4, 0.5) is 8.78 Å². The smallest absolute Gasteiger partial charge is 0.161 e. The van der Waals surface area contributed by atoms with Crippen molar-refractivity contribution in [2.24, 2.45) is 0 Å². The second-order valence-electron chi connectivity index (χ2n) is 6.96. The molecule has 0 saturated carbocycles. The molecule has 0 amide bonds. The van der Waals surface area contributed by atoms with E-state index in [1.807, 2.05) is 48.5 Å². The quantitative estimate of drug-likeness (QED) is 0.414.